The number of amides is 1. The summed E-state index contributed by atoms with van der Waals surface area (Å²) in [5.74, 6) is 0.774. The molecule has 1 unspecified atom stereocenters. The maximum absolute atomic E-state index is 12.3. The van der Waals surface area contributed by atoms with Crippen LogP contribution in [-0.4, -0.2) is 72.7 Å². The highest BCUT2D eigenvalue weighted by molar-refractivity contribution is 8.00. The highest BCUT2D eigenvalue weighted by atomic mass is 32.2. The number of likely N-dealkylation sites (N-methyl/N-ethyl adjacent to an activating group) is 1. The smallest absolute Gasteiger partial charge is 0.282 e. The van der Waals surface area contributed by atoms with E-state index < -0.39 is 16.3 Å². The molecular formula is C10H21N3O3S2. The predicted octanol–water partition coefficient (Wildman–Crippen LogP) is 0.0361. The molecule has 1 aliphatic rings. The monoisotopic (exact) mass is 295 g/mol. The Morgan fingerprint density at radius 1 is 1.33 bits per heavy atom. The topological polar surface area (TPSA) is 60.9 Å². The van der Waals surface area contributed by atoms with Crippen LogP contribution in [-0.2, 0) is 15.0 Å². The van der Waals surface area contributed by atoms with Crippen molar-refractivity contribution >= 4 is 27.9 Å². The van der Waals surface area contributed by atoms with Crippen LogP contribution in [0.2, 0.25) is 0 Å². The van der Waals surface area contributed by atoms with Crippen LogP contribution in [0.15, 0.2) is 0 Å². The first-order valence-electron chi connectivity index (χ1n) is 5.92. The van der Waals surface area contributed by atoms with Gasteiger partial charge < -0.3 is 4.90 Å². The third kappa shape index (κ3) is 2.98. The fraction of sp³-hybridized carbons (Fsp3) is 0.900. The first kappa shape index (κ1) is 15.7. The number of rotatable bonds is 5. The number of thioether (sulfide) groups is 1. The summed E-state index contributed by atoms with van der Waals surface area (Å²) < 4.78 is 26.7. The van der Waals surface area contributed by atoms with Crippen LogP contribution >= 0.6 is 11.8 Å². The number of hydrogen-bond acceptors (Lipinski definition) is 4. The van der Waals surface area contributed by atoms with E-state index in [0.717, 1.165) is 4.31 Å². The van der Waals surface area contributed by atoms with Gasteiger partial charge in [0.15, 0.2) is 0 Å². The molecule has 1 saturated heterocycles. The molecular weight excluding hydrogens is 274 g/mol. The van der Waals surface area contributed by atoms with Gasteiger partial charge in [-0.3, -0.25) is 4.79 Å². The molecule has 0 bridgehead atoms. The molecule has 1 heterocycles. The van der Waals surface area contributed by atoms with E-state index >= 15 is 0 Å². The van der Waals surface area contributed by atoms with Crippen molar-refractivity contribution in [2.45, 2.75) is 19.9 Å². The van der Waals surface area contributed by atoms with Gasteiger partial charge in [0.1, 0.15) is 6.04 Å². The van der Waals surface area contributed by atoms with Crippen LogP contribution in [0.1, 0.15) is 13.8 Å². The van der Waals surface area contributed by atoms with Gasteiger partial charge in [-0.15, -0.1) is 11.8 Å². The summed E-state index contributed by atoms with van der Waals surface area (Å²) in [6, 6.07) is -0.567. The number of carbonyl (C=O) groups excluding carboxylic acids is 1. The Morgan fingerprint density at radius 2 is 1.89 bits per heavy atom. The molecule has 0 spiro atoms. The van der Waals surface area contributed by atoms with Crippen LogP contribution in [0.4, 0.5) is 0 Å². The van der Waals surface area contributed by atoms with Crippen molar-refractivity contribution in [1.29, 1.82) is 0 Å². The van der Waals surface area contributed by atoms with Crippen molar-refractivity contribution in [2.24, 2.45) is 0 Å². The van der Waals surface area contributed by atoms with Crippen LogP contribution in [0.5, 0.6) is 0 Å². The van der Waals surface area contributed by atoms with Crippen LogP contribution < -0.4 is 0 Å². The number of nitrogens with zero attached hydrogens (tertiary/aromatic N) is 3. The van der Waals surface area contributed by atoms with E-state index in [0.29, 0.717) is 24.7 Å². The lowest BCUT2D eigenvalue weighted by molar-refractivity contribution is -0.133. The Labute approximate surface area is 113 Å². The zero-order valence-electron chi connectivity index (χ0n) is 11.3. The highest BCUT2D eigenvalue weighted by Gasteiger charge is 2.41. The van der Waals surface area contributed by atoms with Gasteiger partial charge in [-0.1, -0.05) is 0 Å². The van der Waals surface area contributed by atoms with Gasteiger partial charge >= 0.3 is 0 Å². The number of hydrogen-bond donors (Lipinski definition) is 0. The second-order valence-electron chi connectivity index (χ2n) is 4.20. The molecule has 18 heavy (non-hydrogen) atoms. The van der Waals surface area contributed by atoms with Gasteiger partial charge in [-0.05, 0) is 13.8 Å². The van der Waals surface area contributed by atoms with Gasteiger partial charge in [0.2, 0.25) is 5.91 Å². The lowest BCUT2D eigenvalue weighted by Gasteiger charge is -2.29. The SMILES string of the molecule is CCN(CC)C(=O)C1CSCN1S(=O)(=O)N(C)C. The summed E-state index contributed by atoms with van der Waals surface area (Å²) in [4.78, 5) is 14.0. The zero-order chi connectivity index (χ0) is 13.9. The molecule has 1 aliphatic heterocycles. The predicted molar refractivity (Wildman–Crippen MR) is 73.5 cm³/mol. The Hall–Kier alpha value is -0.310. The molecule has 0 saturated carbocycles. The Morgan fingerprint density at radius 3 is 2.33 bits per heavy atom. The molecule has 1 amide bonds. The first-order valence-corrected chi connectivity index (χ1v) is 8.47. The minimum Gasteiger partial charge on any atom is -0.342 e. The molecule has 0 radical (unpaired) electrons. The van der Waals surface area contributed by atoms with E-state index in [1.807, 2.05) is 13.8 Å². The molecule has 0 aliphatic carbocycles. The third-order valence-electron chi connectivity index (χ3n) is 2.96. The normalized spacial score (nSPS) is 21.5. The van der Waals surface area contributed by atoms with Gasteiger partial charge in [-0.2, -0.15) is 17.0 Å². The van der Waals surface area contributed by atoms with Crippen molar-refractivity contribution in [1.82, 2.24) is 13.5 Å². The molecule has 0 aromatic rings. The lowest BCUT2D eigenvalue weighted by Crippen LogP contribution is -2.51. The van der Waals surface area contributed by atoms with Gasteiger partial charge in [-0.25, -0.2) is 0 Å². The largest absolute Gasteiger partial charge is 0.342 e. The Bertz CT molecular complexity index is 393. The quantitative estimate of drug-likeness (QED) is 0.718. The van der Waals surface area contributed by atoms with Crippen molar-refractivity contribution in [3.63, 3.8) is 0 Å². The molecule has 106 valence electrons. The van der Waals surface area contributed by atoms with Crippen molar-refractivity contribution in [2.75, 3.05) is 38.8 Å². The van der Waals surface area contributed by atoms with E-state index in [9.17, 15) is 13.2 Å². The third-order valence-corrected chi connectivity index (χ3v) is 6.03. The molecule has 0 aromatic carbocycles. The van der Waals surface area contributed by atoms with E-state index in [2.05, 4.69) is 0 Å². The Balaban J connectivity index is 2.93. The summed E-state index contributed by atoms with van der Waals surface area (Å²) in [6.45, 7) is 5.00. The van der Waals surface area contributed by atoms with Gasteiger partial charge in [0.05, 0.1) is 5.88 Å². The second-order valence-corrected chi connectivity index (χ2v) is 7.30. The molecule has 1 fully saturated rings. The maximum Gasteiger partial charge on any atom is 0.282 e. The van der Waals surface area contributed by atoms with Crippen molar-refractivity contribution in [3.8, 4) is 0 Å². The summed E-state index contributed by atoms with van der Waals surface area (Å²) >= 11 is 1.47. The van der Waals surface area contributed by atoms with Crippen molar-refractivity contribution in [3.05, 3.63) is 0 Å². The first-order chi connectivity index (χ1) is 8.36. The molecule has 0 N–H and O–H groups in total. The minimum absolute atomic E-state index is 0.101. The number of carbonyl (C=O) groups is 1. The fourth-order valence-electron chi connectivity index (χ4n) is 1.81. The van der Waals surface area contributed by atoms with E-state index in [1.165, 1.54) is 30.2 Å². The van der Waals surface area contributed by atoms with Gasteiger partial charge in [0.25, 0.3) is 10.2 Å². The molecule has 1 rings (SSSR count). The summed E-state index contributed by atoms with van der Waals surface area (Å²) in [5, 5.41) is 0. The van der Waals surface area contributed by atoms with E-state index in [4.69, 9.17) is 0 Å². The van der Waals surface area contributed by atoms with E-state index in [1.54, 1.807) is 4.90 Å². The lowest BCUT2D eigenvalue weighted by atomic mass is 10.3. The average molecular weight is 295 g/mol. The average Bonchev–Trinajstić information content (AvgIpc) is 2.79. The van der Waals surface area contributed by atoms with E-state index in [-0.39, 0.29) is 5.91 Å². The van der Waals surface area contributed by atoms with Crippen LogP contribution in [0, 0.1) is 0 Å². The van der Waals surface area contributed by atoms with Crippen molar-refractivity contribution < 1.29 is 13.2 Å². The van der Waals surface area contributed by atoms with Gasteiger partial charge in [0, 0.05) is 32.9 Å². The molecule has 0 aromatic heterocycles. The Kier molecular flexibility index (Phi) is 5.45. The standard InChI is InChI=1S/C10H21N3O3S2/c1-5-12(6-2)10(14)9-7-17-8-13(9)18(15,16)11(3)4/h9H,5-8H2,1-4H3. The molecule has 1 atom stereocenters. The maximum atomic E-state index is 12.3. The zero-order valence-corrected chi connectivity index (χ0v) is 12.9. The summed E-state index contributed by atoms with van der Waals surface area (Å²) in [6.07, 6.45) is 0. The minimum atomic E-state index is -3.52. The highest BCUT2D eigenvalue weighted by Crippen LogP contribution is 2.26. The van der Waals surface area contributed by atoms with Crippen LogP contribution in [0.25, 0.3) is 0 Å². The molecule has 6 nitrogen and oxygen atoms in total. The summed E-state index contributed by atoms with van der Waals surface area (Å²) in [5.41, 5.74) is 0. The molecule has 8 heteroatoms. The second kappa shape index (κ2) is 6.23. The fourth-order valence-corrected chi connectivity index (χ4v) is 4.57. The van der Waals surface area contributed by atoms with Crippen LogP contribution in [0.3, 0.4) is 0 Å². The summed E-state index contributed by atoms with van der Waals surface area (Å²) in [7, 11) is -0.556.